The van der Waals surface area contributed by atoms with Crippen LogP contribution in [0.15, 0.2) is 11.8 Å². The number of aliphatic hydroxyl groups excluding tert-OH is 1. The van der Waals surface area contributed by atoms with E-state index in [4.69, 9.17) is 25.4 Å². The molecule has 0 aromatic heterocycles. The number of alkyl carbamates (subject to hydrolysis) is 1. The smallest absolute Gasteiger partial charge is 0.407 e. The topological polar surface area (TPSA) is 180 Å². The minimum absolute atomic E-state index is 0.348. The van der Waals surface area contributed by atoms with Crippen LogP contribution < -0.4 is 16.4 Å². The van der Waals surface area contributed by atoms with Crippen molar-refractivity contribution in [2.45, 2.75) is 44.6 Å². The minimum Gasteiger partial charge on any atom is -0.477 e. The molecule has 0 aromatic carbocycles. The van der Waals surface area contributed by atoms with Crippen LogP contribution in [0.25, 0.3) is 0 Å². The summed E-state index contributed by atoms with van der Waals surface area (Å²) in [7, 11) is 0. The Morgan fingerprint density at radius 2 is 2.04 bits per heavy atom. The quantitative estimate of drug-likeness (QED) is 0.324. The molecule has 2 amide bonds. The molecule has 7 N–H and O–H groups in total. The van der Waals surface area contributed by atoms with E-state index in [1.807, 2.05) is 6.92 Å². The van der Waals surface area contributed by atoms with Crippen molar-refractivity contribution in [1.82, 2.24) is 10.6 Å². The lowest BCUT2D eigenvalue weighted by Gasteiger charge is -2.40. The van der Waals surface area contributed by atoms with E-state index >= 15 is 0 Å². The largest absolute Gasteiger partial charge is 0.477 e. The van der Waals surface area contributed by atoms with Gasteiger partial charge < -0.3 is 41.2 Å². The summed E-state index contributed by atoms with van der Waals surface area (Å²) in [5.41, 5.74) is 5.87. The van der Waals surface area contributed by atoms with Crippen LogP contribution in [0.2, 0.25) is 0 Å². The predicted octanol–water partition coefficient (Wildman–Crippen LogP) is -0.550. The molecule has 0 spiro atoms. The van der Waals surface area contributed by atoms with Crippen molar-refractivity contribution in [1.29, 1.82) is 0 Å². The second-order valence-corrected chi connectivity index (χ2v) is 5.93. The van der Waals surface area contributed by atoms with Crippen molar-refractivity contribution >= 4 is 18.2 Å². The average molecular weight is 375 g/mol. The van der Waals surface area contributed by atoms with Crippen molar-refractivity contribution < 1.29 is 39.2 Å². The van der Waals surface area contributed by atoms with Gasteiger partial charge in [-0.05, 0) is 12.5 Å². The summed E-state index contributed by atoms with van der Waals surface area (Å²) in [6, 6.07) is -2.12. The van der Waals surface area contributed by atoms with Crippen LogP contribution in [0.5, 0.6) is 0 Å². The molecule has 1 rings (SSSR count). The number of carboxylic acids is 1. The zero-order chi connectivity index (χ0) is 19.9. The van der Waals surface area contributed by atoms with Gasteiger partial charge in [-0.25, -0.2) is 14.4 Å². The van der Waals surface area contributed by atoms with Gasteiger partial charge in [0.15, 0.2) is 6.10 Å². The maximum Gasteiger partial charge on any atom is 0.407 e. The highest BCUT2D eigenvalue weighted by atomic mass is 16.6. The fourth-order valence-electron chi connectivity index (χ4n) is 2.47. The highest BCUT2D eigenvalue weighted by molar-refractivity contribution is 5.84. The van der Waals surface area contributed by atoms with E-state index in [2.05, 4.69) is 10.6 Å². The van der Waals surface area contributed by atoms with Crippen LogP contribution in [0.3, 0.4) is 0 Å². The van der Waals surface area contributed by atoms with Crippen LogP contribution in [-0.2, 0) is 14.3 Å². The Labute approximate surface area is 150 Å². The van der Waals surface area contributed by atoms with Crippen LogP contribution in [0.4, 0.5) is 9.59 Å². The van der Waals surface area contributed by atoms with Crippen LogP contribution in [-0.4, -0.2) is 70.9 Å². The standard InChI is InChI=1S/C15H25N3O8/c1-3-4-17-15(24)26-11(7(2)6-19)12-10(18-14(22)23)8(16)5-9(25-12)13(20)21/h5,7-8,10-12,18-19H,3-4,6,16H2,1-2H3,(H,17,24)(H,20,21)(H,22,23)/t7-,8+,10-,11-,12-/m1/s1. The Balaban J connectivity index is 3.14. The number of rotatable bonds is 8. The molecule has 1 aliphatic rings. The summed E-state index contributed by atoms with van der Waals surface area (Å²) < 4.78 is 10.7. The van der Waals surface area contributed by atoms with Crippen LogP contribution in [0.1, 0.15) is 20.3 Å². The first-order valence-electron chi connectivity index (χ1n) is 8.13. The van der Waals surface area contributed by atoms with Gasteiger partial charge in [0.25, 0.3) is 0 Å². The molecule has 0 saturated carbocycles. The van der Waals surface area contributed by atoms with Gasteiger partial charge in [-0.15, -0.1) is 0 Å². The third-order valence-corrected chi connectivity index (χ3v) is 3.81. The molecule has 1 heterocycles. The number of hydrogen-bond donors (Lipinski definition) is 6. The van der Waals surface area contributed by atoms with E-state index in [1.165, 1.54) is 0 Å². The Bertz CT molecular complexity index is 553. The molecule has 0 bridgehead atoms. The SMILES string of the molecule is CCCNC(=O)O[C@@H]([C@@H]1OC(C(=O)O)=C[C@H](N)[C@H]1NC(=O)O)[C@H](C)CO. The van der Waals surface area contributed by atoms with Crippen molar-refractivity contribution in [2.75, 3.05) is 13.2 Å². The van der Waals surface area contributed by atoms with Gasteiger partial charge in [0.05, 0.1) is 12.1 Å². The van der Waals surface area contributed by atoms with Crippen molar-refractivity contribution in [2.24, 2.45) is 11.7 Å². The fourth-order valence-corrected chi connectivity index (χ4v) is 2.47. The molecule has 11 heteroatoms. The molecule has 0 fully saturated rings. The van der Waals surface area contributed by atoms with Crippen LogP contribution in [0, 0.1) is 5.92 Å². The zero-order valence-electron chi connectivity index (χ0n) is 14.5. The summed E-state index contributed by atoms with van der Waals surface area (Å²) >= 11 is 0. The van der Waals surface area contributed by atoms with Gasteiger partial charge in [0.1, 0.15) is 6.10 Å². The number of ether oxygens (including phenoxy) is 2. The zero-order valence-corrected chi connectivity index (χ0v) is 14.5. The number of nitrogens with two attached hydrogens (primary N) is 1. The molecular weight excluding hydrogens is 350 g/mol. The summed E-state index contributed by atoms with van der Waals surface area (Å²) in [5, 5.41) is 32.3. The monoisotopic (exact) mass is 375 g/mol. The number of nitrogens with one attached hydrogen (secondary N) is 2. The van der Waals surface area contributed by atoms with Gasteiger partial charge in [-0.1, -0.05) is 13.8 Å². The molecule has 5 atom stereocenters. The molecule has 1 aliphatic heterocycles. The highest BCUT2D eigenvalue weighted by Gasteiger charge is 2.44. The molecule has 0 aliphatic carbocycles. The van der Waals surface area contributed by atoms with E-state index in [0.717, 1.165) is 6.08 Å². The fraction of sp³-hybridized carbons (Fsp3) is 0.667. The van der Waals surface area contributed by atoms with E-state index in [-0.39, 0.29) is 0 Å². The van der Waals surface area contributed by atoms with Crippen LogP contribution >= 0.6 is 0 Å². The third kappa shape index (κ3) is 5.77. The maximum absolute atomic E-state index is 11.9. The molecule has 0 radical (unpaired) electrons. The van der Waals surface area contributed by atoms with E-state index in [1.54, 1.807) is 6.92 Å². The number of amides is 2. The summed E-state index contributed by atoms with van der Waals surface area (Å²) in [5.74, 6) is -2.56. The van der Waals surface area contributed by atoms with E-state index in [0.29, 0.717) is 13.0 Å². The van der Waals surface area contributed by atoms with Gasteiger partial charge in [-0.2, -0.15) is 0 Å². The second kappa shape index (κ2) is 9.82. The first-order valence-corrected chi connectivity index (χ1v) is 8.13. The van der Waals surface area contributed by atoms with Gasteiger partial charge in [-0.3, -0.25) is 0 Å². The van der Waals surface area contributed by atoms with Gasteiger partial charge >= 0.3 is 18.2 Å². The molecule has 0 unspecified atom stereocenters. The lowest BCUT2D eigenvalue weighted by molar-refractivity contribution is -0.142. The Morgan fingerprint density at radius 1 is 1.38 bits per heavy atom. The first-order chi connectivity index (χ1) is 12.2. The number of carboxylic acid groups (broad SMARTS) is 2. The molecule has 148 valence electrons. The lowest BCUT2D eigenvalue weighted by Crippen LogP contribution is -2.62. The minimum atomic E-state index is -1.41. The van der Waals surface area contributed by atoms with Crippen molar-refractivity contribution in [3.63, 3.8) is 0 Å². The maximum atomic E-state index is 11.9. The number of carbonyl (C=O) groups excluding carboxylic acids is 1. The first kappa shape index (κ1) is 21.5. The summed E-state index contributed by atoms with van der Waals surface area (Å²) in [6.07, 6.45) is -2.87. The average Bonchev–Trinajstić information content (AvgIpc) is 2.58. The lowest BCUT2D eigenvalue weighted by atomic mass is 9.89. The Kier molecular flexibility index (Phi) is 8.13. The van der Waals surface area contributed by atoms with Gasteiger partial charge in [0, 0.05) is 19.1 Å². The molecule has 0 saturated heterocycles. The van der Waals surface area contributed by atoms with E-state index < -0.39 is 60.7 Å². The predicted molar refractivity (Wildman–Crippen MR) is 88.3 cm³/mol. The normalized spacial score (nSPS) is 24.5. The van der Waals surface area contributed by atoms with Gasteiger partial charge in [0.2, 0.25) is 5.76 Å². The Hall–Kier alpha value is -2.53. The number of aliphatic hydroxyl groups is 1. The number of hydrogen-bond acceptors (Lipinski definition) is 7. The highest BCUT2D eigenvalue weighted by Crippen LogP contribution is 2.26. The molecule has 0 aromatic rings. The van der Waals surface area contributed by atoms with Crippen molar-refractivity contribution in [3.8, 4) is 0 Å². The van der Waals surface area contributed by atoms with Crippen molar-refractivity contribution in [3.05, 3.63) is 11.8 Å². The third-order valence-electron chi connectivity index (χ3n) is 3.81. The number of aliphatic carboxylic acids is 1. The molecule has 11 nitrogen and oxygen atoms in total. The Morgan fingerprint density at radius 3 is 2.54 bits per heavy atom. The molecule has 26 heavy (non-hydrogen) atoms. The van der Waals surface area contributed by atoms with E-state index in [9.17, 15) is 19.5 Å². The number of carbonyl (C=O) groups is 3. The second-order valence-electron chi connectivity index (χ2n) is 5.93. The summed E-state index contributed by atoms with van der Waals surface area (Å²) in [6.45, 7) is 3.32. The molecular formula is C15H25N3O8. The summed E-state index contributed by atoms with van der Waals surface area (Å²) in [4.78, 5) is 34.2.